The van der Waals surface area contributed by atoms with Crippen molar-refractivity contribution in [1.82, 2.24) is 9.47 Å². The van der Waals surface area contributed by atoms with Gasteiger partial charge in [-0.2, -0.15) is 0 Å². The fraction of sp³-hybridized carbons (Fsp3) is 0.200. The molecule has 38 heavy (non-hydrogen) atoms. The Hall–Kier alpha value is -4.72. The van der Waals surface area contributed by atoms with Crippen LogP contribution in [0.2, 0.25) is 0 Å². The Labute approximate surface area is 219 Å². The first kappa shape index (κ1) is 25.0. The van der Waals surface area contributed by atoms with Gasteiger partial charge in [0.05, 0.1) is 17.7 Å². The van der Waals surface area contributed by atoms with Crippen molar-refractivity contribution in [2.45, 2.75) is 26.9 Å². The average Bonchev–Trinajstić information content (AvgIpc) is 3.14. The molecule has 1 aliphatic heterocycles. The molecule has 5 rings (SSSR count). The van der Waals surface area contributed by atoms with E-state index < -0.39 is 6.09 Å². The summed E-state index contributed by atoms with van der Waals surface area (Å²) in [5.41, 5.74) is 2.42. The normalized spacial score (nSPS) is 12.9. The van der Waals surface area contributed by atoms with Crippen molar-refractivity contribution in [3.63, 3.8) is 0 Å². The third-order valence-electron chi connectivity index (χ3n) is 6.74. The molecule has 1 aliphatic rings. The summed E-state index contributed by atoms with van der Waals surface area (Å²) in [7, 11) is 1.43. The fourth-order valence-corrected chi connectivity index (χ4v) is 5.01. The number of hydrogen-bond donors (Lipinski definition) is 1. The van der Waals surface area contributed by atoms with Gasteiger partial charge in [-0.15, -0.1) is 0 Å². The number of hydrogen-bond acceptors (Lipinski definition) is 4. The topological polar surface area (TPSA) is 99.9 Å². The van der Waals surface area contributed by atoms with Gasteiger partial charge in [0, 0.05) is 24.5 Å². The highest BCUT2D eigenvalue weighted by Gasteiger charge is 2.35. The van der Waals surface area contributed by atoms with E-state index in [1.807, 2.05) is 44.2 Å². The van der Waals surface area contributed by atoms with Crippen molar-refractivity contribution in [2.75, 3.05) is 11.9 Å². The molecule has 8 heteroatoms. The Balaban J connectivity index is 1.74. The van der Waals surface area contributed by atoms with Gasteiger partial charge < -0.3 is 5.11 Å². The maximum Gasteiger partial charge on any atom is 0.412 e. The molecule has 4 aromatic rings. The zero-order chi connectivity index (χ0) is 27.1. The summed E-state index contributed by atoms with van der Waals surface area (Å²) in [6.07, 6.45) is -1.19. The first-order valence-corrected chi connectivity index (χ1v) is 12.4. The Morgan fingerprint density at radius 3 is 2.05 bits per heavy atom. The van der Waals surface area contributed by atoms with Gasteiger partial charge in [-0.3, -0.25) is 28.8 Å². The lowest BCUT2D eigenvalue weighted by atomic mass is 9.96. The van der Waals surface area contributed by atoms with E-state index in [0.717, 1.165) is 10.5 Å². The first-order valence-electron chi connectivity index (χ1n) is 12.4. The number of carbonyl (C=O) groups is 3. The maximum absolute atomic E-state index is 13.7. The SMILES string of the molecule is CC(C)Cn1c(N(C)C(=O)O)c(-c2ccccc2)c2cc(CN3C(=O)c4ccccc4C3=O)ccc2c1=O. The molecule has 0 fully saturated rings. The monoisotopic (exact) mass is 509 g/mol. The Kier molecular flexibility index (Phi) is 6.32. The second-order valence-electron chi connectivity index (χ2n) is 9.84. The van der Waals surface area contributed by atoms with Gasteiger partial charge in [-0.25, -0.2) is 4.79 Å². The predicted octanol–water partition coefficient (Wildman–Crippen LogP) is 5.23. The second-order valence-corrected chi connectivity index (χ2v) is 9.84. The highest BCUT2D eigenvalue weighted by Crippen LogP contribution is 2.37. The van der Waals surface area contributed by atoms with E-state index in [2.05, 4.69) is 0 Å². The van der Waals surface area contributed by atoms with Gasteiger partial charge in [0.25, 0.3) is 17.4 Å². The van der Waals surface area contributed by atoms with E-state index in [4.69, 9.17) is 0 Å². The van der Waals surface area contributed by atoms with E-state index >= 15 is 0 Å². The molecule has 0 saturated heterocycles. The van der Waals surface area contributed by atoms with Crippen LogP contribution in [-0.4, -0.2) is 39.5 Å². The molecule has 2 heterocycles. The highest BCUT2D eigenvalue weighted by molar-refractivity contribution is 6.21. The number of pyridine rings is 1. The van der Waals surface area contributed by atoms with Crippen LogP contribution in [0.25, 0.3) is 21.9 Å². The van der Waals surface area contributed by atoms with Crippen molar-refractivity contribution in [3.05, 3.63) is 99.8 Å². The van der Waals surface area contributed by atoms with Crippen molar-refractivity contribution >= 4 is 34.5 Å². The van der Waals surface area contributed by atoms with Gasteiger partial charge in [0.15, 0.2) is 0 Å². The number of nitrogens with zero attached hydrogens (tertiary/aromatic N) is 3. The zero-order valence-electron chi connectivity index (χ0n) is 21.3. The molecular formula is C30H27N3O5. The van der Waals surface area contributed by atoms with Crippen LogP contribution in [0.15, 0.2) is 77.6 Å². The minimum atomic E-state index is -1.19. The number of benzene rings is 3. The standard InChI is InChI=1S/C30H27N3O5/c1-18(2)16-32-26(31(3)30(37)38)25(20-9-5-4-6-10-20)24-15-19(13-14-23(24)27(32)34)17-33-28(35)21-11-7-8-12-22(21)29(33)36/h4-15,18H,16-17H2,1-3H3,(H,37,38). The first-order chi connectivity index (χ1) is 18.2. The van der Waals surface area contributed by atoms with E-state index in [-0.39, 0.29) is 35.7 Å². The summed E-state index contributed by atoms with van der Waals surface area (Å²) in [5, 5.41) is 10.9. The van der Waals surface area contributed by atoms with Crippen LogP contribution >= 0.6 is 0 Å². The third-order valence-corrected chi connectivity index (χ3v) is 6.74. The summed E-state index contributed by atoms with van der Waals surface area (Å²) in [4.78, 5) is 54.1. The van der Waals surface area contributed by atoms with Gasteiger partial charge in [-0.05, 0) is 46.7 Å². The van der Waals surface area contributed by atoms with Gasteiger partial charge >= 0.3 is 6.09 Å². The van der Waals surface area contributed by atoms with Crippen LogP contribution in [0.1, 0.15) is 40.1 Å². The van der Waals surface area contributed by atoms with Crippen LogP contribution in [-0.2, 0) is 13.1 Å². The van der Waals surface area contributed by atoms with Crippen LogP contribution < -0.4 is 10.5 Å². The molecule has 8 nitrogen and oxygen atoms in total. The maximum atomic E-state index is 13.7. The fourth-order valence-electron chi connectivity index (χ4n) is 5.01. The summed E-state index contributed by atoms with van der Waals surface area (Å²) in [5.74, 6) is -0.379. The number of amides is 3. The number of carboxylic acid groups (broad SMARTS) is 1. The van der Waals surface area contributed by atoms with Crippen molar-refractivity contribution < 1.29 is 19.5 Å². The molecule has 0 atom stereocenters. The molecule has 0 spiro atoms. The lowest BCUT2D eigenvalue weighted by molar-refractivity contribution is 0.0642. The number of fused-ring (bicyclic) bond motifs is 2. The Morgan fingerprint density at radius 1 is 0.868 bits per heavy atom. The van der Waals surface area contributed by atoms with Crippen LogP contribution in [0, 0.1) is 5.92 Å². The van der Waals surface area contributed by atoms with Gasteiger partial charge in [-0.1, -0.05) is 62.4 Å². The van der Waals surface area contributed by atoms with E-state index in [0.29, 0.717) is 39.6 Å². The third kappa shape index (κ3) is 4.14. The summed E-state index contributed by atoms with van der Waals surface area (Å²) >= 11 is 0. The van der Waals surface area contributed by atoms with Crippen molar-refractivity contribution in [1.29, 1.82) is 0 Å². The predicted molar refractivity (Wildman–Crippen MR) is 146 cm³/mol. The summed E-state index contributed by atoms with van der Waals surface area (Å²) in [6, 6.07) is 21.2. The number of anilines is 1. The smallest absolute Gasteiger partial charge is 0.412 e. The van der Waals surface area contributed by atoms with Crippen LogP contribution in [0.3, 0.4) is 0 Å². The largest absolute Gasteiger partial charge is 0.465 e. The summed E-state index contributed by atoms with van der Waals surface area (Å²) < 4.78 is 1.52. The minimum Gasteiger partial charge on any atom is -0.465 e. The summed E-state index contributed by atoms with van der Waals surface area (Å²) in [6.45, 7) is 4.29. The molecule has 0 radical (unpaired) electrons. The quantitative estimate of drug-likeness (QED) is 0.359. The number of imide groups is 1. The van der Waals surface area contributed by atoms with E-state index in [9.17, 15) is 24.3 Å². The van der Waals surface area contributed by atoms with Gasteiger partial charge in [0.2, 0.25) is 0 Å². The lowest BCUT2D eigenvalue weighted by Crippen LogP contribution is -2.34. The highest BCUT2D eigenvalue weighted by atomic mass is 16.4. The number of rotatable bonds is 6. The minimum absolute atomic E-state index is 0.0235. The van der Waals surface area contributed by atoms with Crippen molar-refractivity contribution in [3.8, 4) is 11.1 Å². The van der Waals surface area contributed by atoms with Crippen LogP contribution in [0.5, 0.6) is 0 Å². The van der Waals surface area contributed by atoms with E-state index in [1.54, 1.807) is 42.5 Å². The number of aromatic nitrogens is 1. The number of carbonyl (C=O) groups excluding carboxylic acids is 2. The molecule has 1 N–H and O–H groups in total. The molecular weight excluding hydrogens is 482 g/mol. The van der Waals surface area contributed by atoms with E-state index in [1.165, 1.54) is 16.5 Å². The zero-order valence-corrected chi connectivity index (χ0v) is 21.3. The lowest BCUT2D eigenvalue weighted by Gasteiger charge is -2.26. The molecule has 192 valence electrons. The van der Waals surface area contributed by atoms with Crippen LogP contribution in [0.4, 0.5) is 10.6 Å². The molecule has 3 aromatic carbocycles. The molecule has 0 unspecified atom stereocenters. The molecule has 3 amide bonds. The second kappa shape index (κ2) is 9.63. The molecule has 0 saturated carbocycles. The van der Waals surface area contributed by atoms with Crippen molar-refractivity contribution in [2.24, 2.45) is 5.92 Å². The average molecular weight is 510 g/mol. The Morgan fingerprint density at radius 2 is 1.47 bits per heavy atom. The Bertz CT molecular complexity index is 1620. The van der Waals surface area contributed by atoms with Gasteiger partial charge in [0.1, 0.15) is 5.82 Å². The molecule has 0 aliphatic carbocycles. The molecule has 1 aromatic heterocycles. The molecule has 0 bridgehead atoms.